The van der Waals surface area contributed by atoms with Crippen LogP contribution in [0.4, 0.5) is 11.4 Å². The summed E-state index contributed by atoms with van der Waals surface area (Å²) in [6.07, 6.45) is 0.898. The van der Waals surface area contributed by atoms with Gasteiger partial charge in [0.2, 0.25) is 11.8 Å². The van der Waals surface area contributed by atoms with Gasteiger partial charge in [-0.15, -0.1) is 0 Å². The molecule has 0 bridgehead atoms. The molecule has 176 valence electrons. The zero-order chi connectivity index (χ0) is 23.0. The van der Waals surface area contributed by atoms with Crippen molar-refractivity contribution in [3.63, 3.8) is 0 Å². The Morgan fingerprint density at radius 2 is 1.55 bits per heavy atom. The van der Waals surface area contributed by atoms with E-state index in [0.717, 1.165) is 69.4 Å². The summed E-state index contributed by atoms with van der Waals surface area (Å²) in [5, 5.41) is 3.00. The third-order valence-electron chi connectivity index (χ3n) is 6.38. The molecule has 4 rings (SSSR count). The lowest BCUT2D eigenvalue weighted by Crippen LogP contribution is -2.49. The van der Waals surface area contributed by atoms with E-state index >= 15 is 0 Å². The average Bonchev–Trinajstić information content (AvgIpc) is 2.85. The Labute approximate surface area is 196 Å². The van der Waals surface area contributed by atoms with Gasteiger partial charge in [0, 0.05) is 63.6 Å². The highest BCUT2D eigenvalue weighted by atomic mass is 16.5. The van der Waals surface area contributed by atoms with E-state index in [1.165, 1.54) is 5.56 Å². The smallest absolute Gasteiger partial charge is 0.227 e. The lowest BCUT2D eigenvalue weighted by atomic mass is 10.1. The summed E-state index contributed by atoms with van der Waals surface area (Å²) in [7, 11) is 0. The summed E-state index contributed by atoms with van der Waals surface area (Å²) in [4.78, 5) is 31.5. The number of piperazine rings is 1. The van der Waals surface area contributed by atoms with Gasteiger partial charge in [0.15, 0.2) is 0 Å². The fourth-order valence-corrected chi connectivity index (χ4v) is 4.27. The number of rotatable bonds is 7. The number of hydrogen-bond donors (Lipinski definition) is 1. The van der Waals surface area contributed by atoms with E-state index in [4.69, 9.17) is 4.74 Å². The summed E-state index contributed by atoms with van der Waals surface area (Å²) in [6.45, 7) is 9.12. The number of morpholine rings is 1. The van der Waals surface area contributed by atoms with Crippen LogP contribution >= 0.6 is 0 Å². The molecule has 33 heavy (non-hydrogen) atoms. The quantitative estimate of drug-likeness (QED) is 0.702. The number of amides is 2. The molecular weight excluding hydrogens is 416 g/mol. The predicted octanol–water partition coefficient (Wildman–Crippen LogP) is 2.55. The van der Waals surface area contributed by atoms with Crippen LogP contribution in [0.15, 0.2) is 48.5 Å². The highest BCUT2D eigenvalue weighted by molar-refractivity contribution is 5.91. The minimum Gasteiger partial charge on any atom is -0.378 e. The maximum Gasteiger partial charge on any atom is 0.227 e. The van der Waals surface area contributed by atoms with Crippen LogP contribution in [0.25, 0.3) is 0 Å². The van der Waals surface area contributed by atoms with Crippen LogP contribution in [0.2, 0.25) is 0 Å². The fourth-order valence-electron chi connectivity index (χ4n) is 4.27. The SMILES string of the molecule is Cc1ccc(CC(=O)N2CCN(CCC(=O)Nc3ccc(N4CCOCC4)cc3)CC2)cc1. The Bertz CT molecular complexity index is 916. The normalized spacial score (nSPS) is 17.1. The number of benzene rings is 2. The van der Waals surface area contributed by atoms with Crippen LogP contribution in [0.5, 0.6) is 0 Å². The Morgan fingerprint density at radius 1 is 0.879 bits per heavy atom. The molecule has 2 aliphatic rings. The first-order valence-corrected chi connectivity index (χ1v) is 11.8. The highest BCUT2D eigenvalue weighted by Crippen LogP contribution is 2.19. The minimum absolute atomic E-state index is 0.0204. The highest BCUT2D eigenvalue weighted by Gasteiger charge is 2.21. The molecule has 0 atom stereocenters. The standard InChI is InChI=1S/C26H34N4O3/c1-21-2-4-22(5-3-21)20-26(32)30-14-12-28(13-15-30)11-10-25(31)27-23-6-8-24(9-7-23)29-16-18-33-19-17-29/h2-9H,10-20H2,1H3,(H,27,31). The van der Waals surface area contributed by atoms with Crippen LogP contribution < -0.4 is 10.2 Å². The Hall–Kier alpha value is -2.90. The second-order valence-electron chi connectivity index (χ2n) is 8.83. The van der Waals surface area contributed by atoms with Crippen molar-refractivity contribution in [2.45, 2.75) is 19.8 Å². The fraction of sp³-hybridized carbons (Fsp3) is 0.462. The van der Waals surface area contributed by atoms with Crippen LogP contribution in [0.3, 0.4) is 0 Å². The van der Waals surface area contributed by atoms with Gasteiger partial charge in [-0.05, 0) is 36.8 Å². The summed E-state index contributed by atoms with van der Waals surface area (Å²) in [6, 6.07) is 16.2. The molecule has 0 aromatic heterocycles. The van der Waals surface area contributed by atoms with Gasteiger partial charge in [-0.2, -0.15) is 0 Å². The molecule has 2 amide bonds. The zero-order valence-electron chi connectivity index (χ0n) is 19.5. The Morgan fingerprint density at radius 3 is 2.21 bits per heavy atom. The lowest BCUT2D eigenvalue weighted by Gasteiger charge is -2.34. The Balaban J connectivity index is 1.15. The molecule has 7 heteroatoms. The number of ether oxygens (including phenoxy) is 1. The van der Waals surface area contributed by atoms with E-state index in [1.54, 1.807) is 0 Å². The van der Waals surface area contributed by atoms with Crippen LogP contribution in [-0.4, -0.2) is 80.6 Å². The van der Waals surface area contributed by atoms with E-state index in [1.807, 2.05) is 60.4 Å². The summed E-state index contributed by atoms with van der Waals surface area (Å²) >= 11 is 0. The van der Waals surface area contributed by atoms with Crippen molar-refractivity contribution in [3.05, 3.63) is 59.7 Å². The number of aryl methyl sites for hydroxylation is 1. The number of hydrogen-bond acceptors (Lipinski definition) is 5. The van der Waals surface area contributed by atoms with E-state index in [2.05, 4.69) is 15.1 Å². The van der Waals surface area contributed by atoms with Crippen molar-refractivity contribution in [2.24, 2.45) is 0 Å². The average molecular weight is 451 g/mol. The van der Waals surface area contributed by atoms with Crippen molar-refractivity contribution >= 4 is 23.2 Å². The largest absolute Gasteiger partial charge is 0.378 e. The molecule has 0 radical (unpaired) electrons. The van der Waals surface area contributed by atoms with E-state index in [9.17, 15) is 9.59 Å². The van der Waals surface area contributed by atoms with E-state index in [-0.39, 0.29) is 11.8 Å². The molecule has 0 aliphatic carbocycles. The third kappa shape index (κ3) is 6.79. The summed E-state index contributed by atoms with van der Waals surface area (Å²) < 4.78 is 5.40. The van der Waals surface area contributed by atoms with Gasteiger partial charge in [0.05, 0.1) is 19.6 Å². The maximum atomic E-state index is 12.6. The van der Waals surface area contributed by atoms with Crippen molar-refractivity contribution < 1.29 is 14.3 Å². The minimum atomic E-state index is 0.0204. The molecule has 1 N–H and O–H groups in total. The number of carbonyl (C=O) groups is 2. The molecule has 0 saturated carbocycles. The van der Waals surface area contributed by atoms with Crippen LogP contribution in [0.1, 0.15) is 17.5 Å². The third-order valence-corrected chi connectivity index (χ3v) is 6.38. The summed E-state index contributed by atoms with van der Waals surface area (Å²) in [5.74, 6) is 0.198. The van der Waals surface area contributed by atoms with Gasteiger partial charge in [0.1, 0.15) is 0 Å². The summed E-state index contributed by atoms with van der Waals surface area (Å²) in [5.41, 5.74) is 4.24. The first-order valence-electron chi connectivity index (χ1n) is 11.8. The van der Waals surface area contributed by atoms with Crippen molar-refractivity contribution in [1.82, 2.24) is 9.80 Å². The molecule has 2 fully saturated rings. The van der Waals surface area contributed by atoms with Gasteiger partial charge in [-0.3, -0.25) is 14.5 Å². The van der Waals surface area contributed by atoms with Gasteiger partial charge < -0.3 is 19.9 Å². The maximum absolute atomic E-state index is 12.6. The number of anilines is 2. The predicted molar refractivity (Wildman–Crippen MR) is 131 cm³/mol. The molecule has 7 nitrogen and oxygen atoms in total. The van der Waals surface area contributed by atoms with Gasteiger partial charge in [0.25, 0.3) is 0 Å². The van der Waals surface area contributed by atoms with Crippen LogP contribution in [-0.2, 0) is 20.7 Å². The first kappa shape index (κ1) is 23.3. The molecule has 0 spiro atoms. The zero-order valence-corrected chi connectivity index (χ0v) is 19.5. The van der Waals surface area contributed by atoms with E-state index < -0.39 is 0 Å². The van der Waals surface area contributed by atoms with Crippen molar-refractivity contribution in [3.8, 4) is 0 Å². The molecule has 2 aromatic carbocycles. The molecule has 0 unspecified atom stereocenters. The van der Waals surface area contributed by atoms with Crippen molar-refractivity contribution in [1.29, 1.82) is 0 Å². The molecule has 2 aliphatic heterocycles. The monoisotopic (exact) mass is 450 g/mol. The molecular formula is C26H34N4O3. The number of nitrogens with one attached hydrogen (secondary N) is 1. The van der Waals surface area contributed by atoms with E-state index in [0.29, 0.717) is 19.4 Å². The van der Waals surface area contributed by atoms with Gasteiger partial charge in [-0.1, -0.05) is 29.8 Å². The lowest BCUT2D eigenvalue weighted by molar-refractivity contribution is -0.132. The topological polar surface area (TPSA) is 65.1 Å². The number of nitrogens with zero attached hydrogens (tertiary/aromatic N) is 3. The second kappa shape index (κ2) is 11.3. The van der Waals surface area contributed by atoms with Crippen molar-refractivity contribution in [2.75, 3.05) is 69.2 Å². The molecule has 2 aromatic rings. The molecule has 2 saturated heterocycles. The molecule has 2 heterocycles. The Kier molecular flexibility index (Phi) is 7.96. The first-order chi connectivity index (χ1) is 16.1. The number of carbonyl (C=O) groups excluding carboxylic acids is 2. The van der Waals surface area contributed by atoms with Gasteiger partial charge in [-0.25, -0.2) is 0 Å². The van der Waals surface area contributed by atoms with Crippen LogP contribution in [0, 0.1) is 6.92 Å². The van der Waals surface area contributed by atoms with Gasteiger partial charge >= 0.3 is 0 Å². The second-order valence-corrected chi connectivity index (χ2v) is 8.83.